The molecule has 0 saturated heterocycles. The highest BCUT2D eigenvalue weighted by Crippen LogP contribution is 2.20. The molecule has 88 valence electrons. The third kappa shape index (κ3) is 2.99. The van der Waals surface area contributed by atoms with Gasteiger partial charge < -0.3 is 10.4 Å². The predicted octanol–water partition coefficient (Wildman–Crippen LogP) is 3.71. The first-order valence-corrected chi connectivity index (χ1v) is 6.21. The molecule has 0 fully saturated rings. The minimum Gasteiger partial charge on any atom is -0.477 e. The lowest BCUT2D eigenvalue weighted by Gasteiger charge is -2.06. The highest BCUT2D eigenvalue weighted by atomic mass is 35.5. The van der Waals surface area contributed by atoms with Crippen LogP contribution in [0.5, 0.6) is 0 Å². The Morgan fingerprint density at radius 3 is 2.94 bits per heavy atom. The number of anilines is 1. The third-order valence-corrected chi connectivity index (χ3v) is 3.43. The molecular formula is C12H10ClNO2S. The molecule has 17 heavy (non-hydrogen) atoms. The van der Waals surface area contributed by atoms with Crippen LogP contribution >= 0.6 is 22.9 Å². The molecule has 0 atom stereocenters. The van der Waals surface area contributed by atoms with Crippen LogP contribution in [0.1, 0.15) is 15.2 Å². The van der Waals surface area contributed by atoms with Crippen LogP contribution in [0.4, 0.5) is 5.69 Å². The van der Waals surface area contributed by atoms with Crippen molar-refractivity contribution in [3.63, 3.8) is 0 Å². The van der Waals surface area contributed by atoms with E-state index in [1.165, 1.54) is 11.3 Å². The molecule has 0 saturated carbocycles. The van der Waals surface area contributed by atoms with Crippen molar-refractivity contribution in [3.05, 3.63) is 51.2 Å². The molecule has 1 aromatic carbocycles. The van der Waals surface area contributed by atoms with Crippen molar-refractivity contribution in [2.24, 2.45) is 0 Å². The molecule has 0 aliphatic rings. The van der Waals surface area contributed by atoms with E-state index in [0.717, 1.165) is 11.3 Å². The van der Waals surface area contributed by atoms with Gasteiger partial charge >= 0.3 is 5.97 Å². The zero-order valence-corrected chi connectivity index (χ0v) is 10.4. The standard InChI is InChI=1S/C12H10ClNO2S/c13-9-2-1-3-10(6-9)14-7-8-4-5-17-11(8)12(15)16/h1-6,14H,7H2,(H,15,16). The molecule has 1 heterocycles. The minimum atomic E-state index is -0.886. The first-order valence-electron chi connectivity index (χ1n) is 4.96. The summed E-state index contributed by atoms with van der Waals surface area (Å²) in [5.74, 6) is -0.886. The maximum absolute atomic E-state index is 10.9. The molecule has 0 aliphatic heterocycles. The van der Waals surface area contributed by atoms with Crippen molar-refractivity contribution in [3.8, 4) is 0 Å². The van der Waals surface area contributed by atoms with Crippen LogP contribution in [0.15, 0.2) is 35.7 Å². The fraction of sp³-hybridized carbons (Fsp3) is 0.0833. The summed E-state index contributed by atoms with van der Waals surface area (Å²) in [6, 6.07) is 9.13. The van der Waals surface area contributed by atoms with E-state index in [0.29, 0.717) is 16.4 Å². The number of hydrogen-bond donors (Lipinski definition) is 2. The van der Waals surface area contributed by atoms with Gasteiger partial charge in [0.15, 0.2) is 0 Å². The third-order valence-electron chi connectivity index (χ3n) is 2.25. The molecule has 0 bridgehead atoms. The first-order chi connectivity index (χ1) is 8.16. The van der Waals surface area contributed by atoms with E-state index in [9.17, 15) is 4.79 Å². The van der Waals surface area contributed by atoms with Crippen LogP contribution in [-0.2, 0) is 6.54 Å². The average molecular weight is 268 g/mol. The van der Waals surface area contributed by atoms with E-state index in [1.807, 2.05) is 18.2 Å². The summed E-state index contributed by atoms with van der Waals surface area (Å²) in [5.41, 5.74) is 1.66. The zero-order valence-electron chi connectivity index (χ0n) is 8.81. The molecule has 0 radical (unpaired) electrons. The number of rotatable bonds is 4. The molecule has 2 rings (SSSR count). The molecule has 5 heteroatoms. The van der Waals surface area contributed by atoms with E-state index in [-0.39, 0.29) is 0 Å². The Labute approximate surface area is 108 Å². The van der Waals surface area contributed by atoms with E-state index < -0.39 is 5.97 Å². The number of carboxylic acid groups (broad SMARTS) is 1. The number of thiophene rings is 1. The minimum absolute atomic E-state index is 0.375. The number of carboxylic acids is 1. The largest absolute Gasteiger partial charge is 0.477 e. The summed E-state index contributed by atoms with van der Waals surface area (Å²) in [7, 11) is 0. The Kier molecular flexibility index (Phi) is 3.66. The van der Waals surface area contributed by atoms with Crippen LogP contribution in [0.3, 0.4) is 0 Å². The second-order valence-electron chi connectivity index (χ2n) is 3.44. The average Bonchev–Trinajstić information content (AvgIpc) is 2.74. The molecule has 2 N–H and O–H groups in total. The number of aromatic carboxylic acids is 1. The zero-order chi connectivity index (χ0) is 12.3. The van der Waals surface area contributed by atoms with E-state index >= 15 is 0 Å². The number of benzene rings is 1. The maximum atomic E-state index is 10.9. The molecule has 0 spiro atoms. The Morgan fingerprint density at radius 2 is 2.24 bits per heavy atom. The van der Waals surface area contributed by atoms with Gasteiger partial charge in [-0.3, -0.25) is 0 Å². The quantitative estimate of drug-likeness (QED) is 0.888. The van der Waals surface area contributed by atoms with Gasteiger partial charge in [0, 0.05) is 17.3 Å². The van der Waals surface area contributed by atoms with Crippen LogP contribution in [-0.4, -0.2) is 11.1 Å². The smallest absolute Gasteiger partial charge is 0.346 e. The van der Waals surface area contributed by atoms with E-state index in [4.69, 9.17) is 16.7 Å². The number of carbonyl (C=O) groups is 1. The van der Waals surface area contributed by atoms with Crippen molar-refractivity contribution >= 4 is 34.6 Å². The van der Waals surface area contributed by atoms with E-state index in [2.05, 4.69) is 5.32 Å². The summed E-state index contributed by atoms with van der Waals surface area (Å²) < 4.78 is 0. The Hall–Kier alpha value is -1.52. The van der Waals surface area contributed by atoms with E-state index in [1.54, 1.807) is 17.5 Å². The number of hydrogen-bond acceptors (Lipinski definition) is 3. The van der Waals surface area contributed by atoms with Gasteiger partial charge in [-0.25, -0.2) is 4.79 Å². The van der Waals surface area contributed by atoms with Gasteiger partial charge in [-0.15, -0.1) is 11.3 Å². The number of nitrogens with one attached hydrogen (secondary N) is 1. The van der Waals surface area contributed by atoms with Crippen LogP contribution in [0.25, 0.3) is 0 Å². The second-order valence-corrected chi connectivity index (χ2v) is 4.80. The van der Waals surface area contributed by atoms with Gasteiger partial charge in [-0.2, -0.15) is 0 Å². The normalized spacial score (nSPS) is 10.2. The lowest BCUT2D eigenvalue weighted by molar-refractivity contribution is 0.0701. The monoisotopic (exact) mass is 267 g/mol. The highest BCUT2D eigenvalue weighted by Gasteiger charge is 2.10. The van der Waals surface area contributed by atoms with Crippen molar-refractivity contribution in [2.75, 3.05) is 5.32 Å². The van der Waals surface area contributed by atoms with Gasteiger partial charge in [0.1, 0.15) is 4.88 Å². The van der Waals surface area contributed by atoms with Gasteiger partial charge in [0.05, 0.1) is 0 Å². The molecule has 3 nitrogen and oxygen atoms in total. The fourth-order valence-electron chi connectivity index (χ4n) is 1.46. The molecule has 0 amide bonds. The van der Waals surface area contributed by atoms with Crippen molar-refractivity contribution in [1.82, 2.24) is 0 Å². The van der Waals surface area contributed by atoms with Crippen LogP contribution in [0.2, 0.25) is 5.02 Å². The second kappa shape index (κ2) is 5.21. The predicted molar refractivity (Wildman–Crippen MR) is 70.1 cm³/mol. The maximum Gasteiger partial charge on any atom is 0.346 e. The fourth-order valence-corrected chi connectivity index (χ4v) is 2.41. The first kappa shape index (κ1) is 12.0. The molecule has 2 aromatic rings. The Bertz CT molecular complexity index is 539. The SMILES string of the molecule is O=C(O)c1sccc1CNc1cccc(Cl)c1. The lowest BCUT2D eigenvalue weighted by atomic mass is 10.2. The molecule has 0 aliphatic carbocycles. The molecule has 0 unspecified atom stereocenters. The topological polar surface area (TPSA) is 49.3 Å². The van der Waals surface area contributed by atoms with Crippen LogP contribution < -0.4 is 5.32 Å². The summed E-state index contributed by atoms with van der Waals surface area (Å²) in [4.78, 5) is 11.3. The van der Waals surface area contributed by atoms with Gasteiger partial charge in [0.25, 0.3) is 0 Å². The van der Waals surface area contributed by atoms with Crippen molar-refractivity contribution in [2.45, 2.75) is 6.54 Å². The molecule has 1 aromatic heterocycles. The van der Waals surface area contributed by atoms with Gasteiger partial charge in [0.2, 0.25) is 0 Å². The molecular weight excluding hydrogens is 258 g/mol. The van der Waals surface area contributed by atoms with Gasteiger partial charge in [-0.1, -0.05) is 17.7 Å². The van der Waals surface area contributed by atoms with Crippen molar-refractivity contribution < 1.29 is 9.90 Å². The summed E-state index contributed by atoms with van der Waals surface area (Å²) >= 11 is 7.09. The summed E-state index contributed by atoms with van der Waals surface area (Å²) in [6.07, 6.45) is 0. The highest BCUT2D eigenvalue weighted by molar-refractivity contribution is 7.12. The van der Waals surface area contributed by atoms with Gasteiger partial charge in [-0.05, 0) is 35.2 Å². The number of halogens is 1. The Morgan fingerprint density at radius 1 is 1.41 bits per heavy atom. The Balaban J connectivity index is 2.07. The van der Waals surface area contributed by atoms with Crippen molar-refractivity contribution in [1.29, 1.82) is 0 Å². The summed E-state index contributed by atoms with van der Waals surface area (Å²) in [6.45, 7) is 0.478. The summed E-state index contributed by atoms with van der Waals surface area (Å²) in [5, 5.41) is 14.5. The lowest BCUT2D eigenvalue weighted by Crippen LogP contribution is -2.03. The van der Waals surface area contributed by atoms with Crippen LogP contribution in [0, 0.1) is 0 Å².